The minimum Gasteiger partial charge on any atom is -0.465 e. The molecule has 12 heteroatoms. The summed E-state index contributed by atoms with van der Waals surface area (Å²) in [5, 5.41) is 4.67. The highest BCUT2D eigenvalue weighted by Crippen LogP contribution is 2.42. The van der Waals surface area contributed by atoms with Crippen molar-refractivity contribution in [1.29, 1.82) is 0 Å². The SMILES string of the molecule is CCOC(=O)CNC(=O)OC1CC(C)(C)C(/C=C/C(C)=C/C=C/C(C)=C/C=C/C=C(C)/C=C/C=C(C)/C=C/C2=C(C)C(=O)C(OC(=O)NCC(=O)OCC)CC2(C)C)=C(C)C1=O. The second kappa shape index (κ2) is 25.0. The van der Waals surface area contributed by atoms with E-state index >= 15 is 0 Å². The van der Waals surface area contributed by atoms with E-state index in [-0.39, 0.29) is 37.9 Å². The van der Waals surface area contributed by atoms with Crippen molar-refractivity contribution in [2.24, 2.45) is 10.8 Å². The number of alkyl carbamates (subject to hydrolysis) is 2. The van der Waals surface area contributed by atoms with E-state index in [1.807, 2.05) is 140 Å². The molecular formula is C50H66N2O10. The Hall–Kier alpha value is -6.04. The Labute approximate surface area is 368 Å². The summed E-state index contributed by atoms with van der Waals surface area (Å²) in [5.74, 6) is -1.69. The van der Waals surface area contributed by atoms with E-state index in [0.29, 0.717) is 24.0 Å². The van der Waals surface area contributed by atoms with Gasteiger partial charge in [0.05, 0.1) is 13.2 Å². The molecule has 0 heterocycles. The largest absolute Gasteiger partial charge is 0.465 e. The Kier molecular flexibility index (Phi) is 21.0. The third-order valence-electron chi connectivity index (χ3n) is 10.1. The molecule has 0 aromatic heterocycles. The Morgan fingerprint density at radius 3 is 1.23 bits per heavy atom. The van der Waals surface area contributed by atoms with Crippen molar-refractivity contribution in [2.75, 3.05) is 26.3 Å². The van der Waals surface area contributed by atoms with Crippen molar-refractivity contribution in [3.8, 4) is 0 Å². The molecule has 2 aliphatic carbocycles. The summed E-state index contributed by atoms with van der Waals surface area (Å²) in [4.78, 5) is 73.7. The zero-order valence-electron chi connectivity index (χ0n) is 38.6. The molecule has 2 atom stereocenters. The normalized spacial score (nSPS) is 20.3. The number of allylic oxidation sites excluding steroid dienone is 20. The molecule has 12 nitrogen and oxygen atoms in total. The fraction of sp³-hybridized carbons (Fsp3) is 0.440. The number of carbonyl (C=O) groups excluding carboxylic acids is 6. The highest BCUT2D eigenvalue weighted by Gasteiger charge is 2.41. The van der Waals surface area contributed by atoms with Crippen molar-refractivity contribution in [3.63, 3.8) is 0 Å². The smallest absolute Gasteiger partial charge is 0.408 e. The van der Waals surface area contributed by atoms with Crippen LogP contribution < -0.4 is 10.6 Å². The minimum absolute atomic E-state index is 0.201. The fourth-order valence-electron chi connectivity index (χ4n) is 6.81. The van der Waals surface area contributed by atoms with Gasteiger partial charge in [-0.05, 0) is 88.5 Å². The molecule has 336 valence electrons. The Morgan fingerprint density at radius 2 is 0.887 bits per heavy atom. The molecule has 2 unspecified atom stereocenters. The second-order valence-corrected chi connectivity index (χ2v) is 16.5. The fourth-order valence-corrected chi connectivity index (χ4v) is 6.81. The molecule has 0 saturated carbocycles. The lowest BCUT2D eigenvalue weighted by molar-refractivity contribution is -0.142. The van der Waals surface area contributed by atoms with Gasteiger partial charge in [0.15, 0.2) is 23.8 Å². The van der Waals surface area contributed by atoms with Gasteiger partial charge in [-0.3, -0.25) is 19.2 Å². The minimum atomic E-state index is -0.946. The summed E-state index contributed by atoms with van der Waals surface area (Å²) in [7, 11) is 0. The maximum Gasteiger partial charge on any atom is 0.408 e. The average Bonchev–Trinajstić information content (AvgIpc) is 3.18. The molecule has 0 fully saturated rings. The quantitative estimate of drug-likeness (QED) is 0.0771. The van der Waals surface area contributed by atoms with E-state index in [1.54, 1.807) is 27.7 Å². The highest BCUT2D eigenvalue weighted by atomic mass is 16.6. The molecule has 2 amide bonds. The van der Waals surface area contributed by atoms with Crippen LogP contribution in [0.4, 0.5) is 9.59 Å². The third-order valence-corrected chi connectivity index (χ3v) is 10.1. The van der Waals surface area contributed by atoms with Gasteiger partial charge in [0, 0.05) is 12.8 Å². The summed E-state index contributed by atoms with van der Waals surface area (Å²) < 4.78 is 20.4. The van der Waals surface area contributed by atoms with Gasteiger partial charge in [-0.1, -0.05) is 135 Å². The number of rotatable bonds is 18. The van der Waals surface area contributed by atoms with Crippen molar-refractivity contribution < 1.29 is 47.7 Å². The van der Waals surface area contributed by atoms with E-state index in [1.165, 1.54) is 0 Å². The predicted octanol–water partition coefficient (Wildman–Crippen LogP) is 9.50. The summed E-state index contributed by atoms with van der Waals surface area (Å²) >= 11 is 0. The van der Waals surface area contributed by atoms with Gasteiger partial charge in [-0.2, -0.15) is 0 Å². The number of Topliss-reactive ketones (excluding diaryl/α,β-unsaturated/α-hetero) is 2. The highest BCUT2D eigenvalue weighted by molar-refractivity contribution is 6.02. The molecule has 0 aromatic rings. The van der Waals surface area contributed by atoms with E-state index in [0.717, 1.165) is 33.4 Å². The standard InChI is InChI=1S/C50H66N2O10/c1-13-59-43(53)31-51-47(57)61-41-29-49(9,10)39(37(7)45(41)55)27-25-35(5)23-17-21-33(3)19-15-16-20-34(4)22-18-24-36(6)26-28-40-38(8)46(56)42(30-50(40,11)12)62-48(58)52-32-44(54)60-14-2/h15-28,41-42H,13-14,29-32H2,1-12H3,(H,51,57)(H,52,58)/b16-15+,21-17+,22-18+,27-25+,28-26+,33-19+,34-20+,35-23+,36-24+. The van der Waals surface area contributed by atoms with Gasteiger partial charge < -0.3 is 29.6 Å². The summed E-state index contributed by atoms with van der Waals surface area (Å²) in [5.41, 5.74) is 6.05. The van der Waals surface area contributed by atoms with Crippen LogP contribution in [0.2, 0.25) is 0 Å². The molecule has 2 rings (SSSR count). The number of amides is 2. The number of hydrogen-bond donors (Lipinski definition) is 2. The summed E-state index contributed by atoms with van der Waals surface area (Å²) in [6.07, 6.45) is 24.8. The van der Waals surface area contributed by atoms with E-state index in [2.05, 4.69) is 10.6 Å². The lowest BCUT2D eigenvalue weighted by Crippen LogP contribution is -2.42. The molecule has 2 aliphatic rings. The van der Waals surface area contributed by atoms with Crippen LogP contribution >= 0.6 is 0 Å². The van der Waals surface area contributed by atoms with E-state index in [9.17, 15) is 28.8 Å². The van der Waals surface area contributed by atoms with Crippen LogP contribution in [0.25, 0.3) is 0 Å². The molecule has 0 saturated heterocycles. The van der Waals surface area contributed by atoms with Crippen LogP contribution in [-0.4, -0.2) is 74.2 Å². The Balaban J connectivity index is 1.96. The van der Waals surface area contributed by atoms with Crippen LogP contribution in [0, 0.1) is 10.8 Å². The lowest BCUT2D eigenvalue weighted by atomic mass is 9.71. The van der Waals surface area contributed by atoms with Crippen LogP contribution in [-0.2, 0) is 38.1 Å². The van der Waals surface area contributed by atoms with Crippen molar-refractivity contribution in [1.82, 2.24) is 10.6 Å². The van der Waals surface area contributed by atoms with Crippen LogP contribution in [0.3, 0.4) is 0 Å². The maximum atomic E-state index is 13.1. The zero-order valence-corrected chi connectivity index (χ0v) is 38.6. The number of ketones is 2. The molecule has 0 radical (unpaired) electrons. The van der Waals surface area contributed by atoms with Crippen LogP contribution in [0.15, 0.2) is 130 Å². The number of carbonyl (C=O) groups is 6. The monoisotopic (exact) mass is 854 g/mol. The molecule has 0 spiro atoms. The van der Waals surface area contributed by atoms with E-state index < -0.39 is 47.2 Å². The molecule has 2 N–H and O–H groups in total. The van der Waals surface area contributed by atoms with Gasteiger partial charge in [0.1, 0.15) is 13.1 Å². The molecule has 0 bridgehead atoms. The first kappa shape index (κ1) is 52.1. The molecular weight excluding hydrogens is 789 g/mol. The first-order valence-electron chi connectivity index (χ1n) is 20.9. The number of hydrogen-bond acceptors (Lipinski definition) is 10. The molecule has 0 aliphatic heterocycles. The molecule has 0 aromatic carbocycles. The maximum absolute atomic E-state index is 13.1. The third kappa shape index (κ3) is 17.5. The zero-order chi connectivity index (χ0) is 46.6. The van der Waals surface area contributed by atoms with Crippen LogP contribution in [0.1, 0.15) is 95.9 Å². The Morgan fingerprint density at radius 1 is 0.565 bits per heavy atom. The first-order chi connectivity index (χ1) is 29.1. The summed E-state index contributed by atoms with van der Waals surface area (Å²) in [6.45, 7) is 22.6. The summed E-state index contributed by atoms with van der Waals surface area (Å²) in [6, 6.07) is 0. The second-order valence-electron chi connectivity index (χ2n) is 16.5. The van der Waals surface area contributed by atoms with Crippen molar-refractivity contribution >= 4 is 35.7 Å². The van der Waals surface area contributed by atoms with E-state index in [4.69, 9.17) is 18.9 Å². The topological polar surface area (TPSA) is 163 Å². The van der Waals surface area contributed by atoms with Gasteiger partial charge in [-0.25, -0.2) is 9.59 Å². The van der Waals surface area contributed by atoms with Crippen molar-refractivity contribution in [2.45, 2.75) is 108 Å². The van der Waals surface area contributed by atoms with Crippen LogP contribution in [0.5, 0.6) is 0 Å². The first-order valence-corrected chi connectivity index (χ1v) is 20.9. The van der Waals surface area contributed by atoms with Gasteiger partial charge in [-0.15, -0.1) is 0 Å². The number of esters is 2. The Bertz CT molecular complexity index is 1900. The lowest BCUT2D eigenvalue weighted by Gasteiger charge is -2.36. The predicted molar refractivity (Wildman–Crippen MR) is 243 cm³/mol. The van der Waals surface area contributed by atoms with Gasteiger partial charge >= 0.3 is 24.1 Å². The molecule has 62 heavy (non-hydrogen) atoms. The average molecular weight is 855 g/mol. The number of nitrogens with one attached hydrogen (secondary N) is 2. The van der Waals surface area contributed by atoms with Crippen molar-refractivity contribution in [3.05, 3.63) is 130 Å². The van der Waals surface area contributed by atoms with Gasteiger partial charge in [0.25, 0.3) is 0 Å². The number of ether oxygens (including phenoxy) is 4. The van der Waals surface area contributed by atoms with Gasteiger partial charge in [0.2, 0.25) is 0 Å².